The number of aromatic nitrogens is 9. The van der Waals surface area contributed by atoms with Crippen molar-refractivity contribution in [3.8, 4) is 29.3 Å². The van der Waals surface area contributed by atoms with Gasteiger partial charge in [-0.25, -0.2) is 58.7 Å². The number of anilines is 3. The minimum Gasteiger partial charge on any atom is -0.443 e. The Hall–Kier alpha value is -10.5. The Morgan fingerprint density at radius 1 is 0.593 bits per heavy atom. The van der Waals surface area contributed by atoms with Crippen LogP contribution in [0.3, 0.4) is 0 Å². The van der Waals surface area contributed by atoms with E-state index in [0.29, 0.717) is 103 Å². The molecule has 8 aromatic rings. The van der Waals surface area contributed by atoms with E-state index in [1.54, 1.807) is 71.7 Å². The van der Waals surface area contributed by atoms with Gasteiger partial charge in [0, 0.05) is 182 Å². The third-order valence-corrected chi connectivity index (χ3v) is 18.7. The van der Waals surface area contributed by atoms with E-state index in [0.717, 1.165) is 189 Å². The summed E-state index contributed by atoms with van der Waals surface area (Å²) in [5, 5.41) is 28.4. The van der Waals surface area contributed by atoms with Gasteiger partial charge in [0.25, 0.3) is 5.56 Å². The Bertz CT molecular complexity index is 4610. The van der Waals surface area contributed by atoms with Crippen LogP contribution in [-0.4, -0.2) is 184 Å². The molecule has 0 bridgehead atoms. The lowest BCUT2D eigenvalue weighted by Gasteiger charge is -2.25. The standard InChI is InChI=1S/C21H21N5O2.C14H16ClN3O2.C10H20N2O3.C10H18N2O3.C9H14N2O2.C7H6N2.C5H3ClFN.C5H12N2O.C5H8O2/c1-15-12-21(26(25-15)18-7-10-27-11-8-18)28-19-6-9-23-20(14-19)24-17-5-3-4-16(13-17)22-2;1-10-8-14(20-12-2-5-16-13(15)9-12)18(17-10)11-3-6-19-7-4-11;2*1-10(2,3)15-9(13)12-11-8-4-6-14-7-5-8;1-7-6-9(12)11(10-7)8-2-4-13-5-3-8;8-5-6-2-1-3-7(9)4-6;6-5-3-4(7)1-2-8-5;6-7-5-1-3-8-4-2-5;6-5-1-3-7-4-2-5/h3-6,9,12-14,18H,7-8,10-11H2,1H3,(H,23,24);2,5,8-9,11H,3-4,6-7H2,1H3;8,11H,4-7H2,1-3H3,(H,12,13);4-7H2,1-3H3,(H,12,13);6,8,10H,2-5H2,1H3;1-4H,9H2;1-3H;5,7H,1-4,6H2;1-4H2. The number of nitriles is 1. The van der Waals surface area contributed by atoms with E-state index in [1.165, 1.54) is 12.3 Å². The fraction of sp³-hybridized carbons (Fsp3) is 0.512. The first-order valence-corrected chi connectivity index (χ1v) is 41.8. The molecular formula is C86H118Cl2FN19O15. The number of hydrogen-bond acceptors (Lipinski definition) is 27. The van der Waals surface area contributed by atoms with Crippen LogP contribution in [0.2, 0.25) is 10.3 Å². The lowest BCUT2D eigenvalue weighted by Crippen LogP contribution is -2.48. The molecule has 7 fully saturated rings. The van der Waals surface area contributed by atoms with Gasteiger partial charge in [-0.3, -0.25) is 31.4 Å². The maximum Gasteiger partial charge on any atom is 0.428 e. The molecule has 0 radical (unpaired) electrons. The number of nitrogens with two attached hydrogens (primary N) is 2. The minimum absolute atomic E-state index is 0.0735. The summed E-state index contributed by atoms with van der Waals surface area (Å²) >= 11 is 11.2. The van der Waals surface area contributed by atoms with Crippen LogP contribution in [0.1, 0.15) is 172 Å². The second-order valence-electron chi connectivity index (χ2n) is 30.8. The van der Waals surface area contributed by atoms with Gasteiger partial charge < -0.3 is 63.2 Å². The van der Waals surface area contributed by atoms with Gasteiger partial charge in [0.1, 0.15) is 50.4 Å². The van der Waals surface area contributed by atoms with Crippen LogP contribution in [0.5, 0.6) is 23.3 Å². The number of hydrogen-bond donors (Lipinski definition) is 8. The molecule has 34 nitrogen and oxygen atoms in total. The van der Waals surface area contributed by atoms with Crippen molar-refractivity contribution in [2.45, 2.75) is 194 Å². The zero-order chi connectivity index (χ0) is 88.8. The second kappa shape index (κ2) is 54.2. The lowest BCUT2D eigenvalue weighted by atomic mass is 10.1. The Labute approximate surface area is 727 Å². The van der Waals surface area contributed by atoms with Gasteiger partial charge >= 0.3 is 12.2 Å². The molecule has 7 aliphatic heterocycles. The van der Waals surface area contributed by atoms with Crippen LogP contribution in [0.4, 0.5) is 36.9 Å². The van der Waals surface area contributed by atoms with Gasteiger partial charge in [0.05, 0.1) is 74.1 Å². The smallest absolute Gasteiger partial charge is 0.428 e. The van der Waals surface area contributed by atoms with Crippen LogP contribution in [-0.2, 0) is 47.4 Å². The van der Waals surface area contributed by atoms with Crippen molar-refractivity contribution in [1.82, 2.24) is 66.0 Å². The van der Waals surface area contributed by atoms with E-state index >= 15 is 0 Å². The van der Waals surface area contributed by atoms with E-state index in [2.05, 4.69) is 67.2 Å². The van der Waals surface area contributed by atoms with Crippen molar-refractivity contribution >= 4 is 69.8 Å². The normalized spacial score (nSPS) is 16.3. The number of amides is 2. The first-order chi connectivity index (χ1) is 59.1. The highest BCUT2D eigenvalue weighted by Crippen LogP contribution is 2.33. The third kappa shape index (κ3) is 40.6. The largest absolute Gasteiger partial charge is 0.443 e. The third-order valence-electron chi connectivity index (χ3n) is 18.3. The van der Waals surface area contributed by atoms with Gasteiger partial charge in [-0.2, -0.15) is 20.6 Å². The summed E-state index contributed by atoms with van der Waals surface area (Å²) in [6, 6.07) is 32.9. The zero-order valence-electron chi connectivity index (χ0n) is 71.6. The number of ketones is 1. The van der Waals surface area contributed by atoms with Crippen LogP contribution >= 0.6 is 23.2 Å². The van der Waals surface area contributed by atoms with E-state index in [4.69, 9.17) is 98.7 Å². The van der Waals surface area contributed by atoms with E-state index < -0.39 is 23.4 Å². The molecule has 2 aromatic carbocycles. The summed E-state index contributed by atoms with van der Waals surface area (Å²) in [6.07, 6.45) is 16.0. The number of nitrogens with one attached hydrogen (secondary N) is 6. The highest BCUT2D eigenvalue weighted by Gasteiger charge is 2.25. The number of carbonyl (C=O) groups is 3. The molecule has 0 saturated carbocycles. The van der Waals surface area contributed by atoms with E-state index in [1.807, 2.05) is 114 Å². The molecule has 0 spiro atoms. The zero-order valence-corrected chi connectivity index (χ0v) is 73.1. The number of pyridine rings is 3. The van der Waals surface area contributed by atoms with Crippen LogP contribution < -0.4 is 53.6 Å². The van der Waals surface area contributed by atoms with Crippen LogP contribution in [0, 0.1) is 44.5 Å². The molecule has 2 amide bonds. The average molecular weight is 1750 g/mol. The predicted octanol–water partition coefficient (Wildman–Crippen LogP) is 15.1. The van der Waals surface area contributed by atoms with Crippen molar-refractivity contribution in [1.29, 1.82) is 5.26 Å². The Morgan fingerprint density at radius 2 is 1.07 bits per heavy atom. The summed E-state index contributed by atoms with van der Waals surface area (Å²) < 4.78 is 76.3. The Morgan fingerprint density at radius 3 is 1.52 bits per heavy atom. The summed E-state index contributed by atoms with van der Waals surface area (Å²) in [7, 11) is 0. The molecule has 7 aliphatic rings. The van der Waals surface area contributed by atoms with Crippen molar-refractivity contribution in [2.75, 3.05) is 104 Å². The maximum atomic E-state index is 12.0. The maximum absolute atomic E-state index is 12.0. The number of nitrogens with zero attached hydrogens (tertiary/aromatic N) is 11. The topological polar surface area (TPSA) is 418 Å². The number of hydrazone groups is 1. The average Bonchev–Trinajstić information content (AvgIpc) is 1.69. The monoisotopic (exact) mass is 1750 g/mol. The molecule has 0 aliphatic carbocycles. The summed E-state index contributed by atoms with van der Waals surface area (Å²) in [4.78, 5) is 59.6. The first-order valence-electron chi connectivity index (χ1n) is 41.0. The SMILES string of the molecule is CC(C)(C)OC(=O)NN=C1CCOCC1.CC(C)(C)OC(=O)NNC1CCOCC1.Cc1cc(=O)n(C2CCOCC2)[nH]1.Cc1cc(Oc2ccnc(Cl)c2)n(C2CCOCC2)n1.Fc1ccnc(Cl)c1.N#Cc1cccc(N)c1.NNC1CCOCC1.O=C1CCOCC1.[C-]#[N+]c1cccc(Nc2cc(Oc3cc(C)nn3C3CCOCC3)ccn2)c1. The van der Waals surface area contributed by atoms with Crippen molar-refractivity contribution in [3.63, 3.8) is 0 Å². The molecule has 10 N–H and O–H groups in total. The number of halogens is 3. The molecular weight excluding hydrogens is 1630 g/mol. The van der Waals surface area contributed by atoms with Crippen molar-refractivity contribution in [2.24, 2.45) is 10.9 Å². The van der Waals surface area contributed by atoms with E-state index in [-0.39, 0.29) is 28.6 Å². The predicted molar refractivity (Wildman–Crippen MR) is 465 cm³/mol. The highest BCUT2D eigenvalue weighted by molar-refractivity contribution is 6.29. The van der Waals surface area contributed by atoms with E-state index in [9.17, 15) is 23.6 Å². The van der Waals surface area contributed by atoms with Gasteiger partial charge in [-0.05, 0) is 175 Å². The number of hydrazine groups is 2. The van der Waals surface area contributed by atoms with Crippen LogP contribution in [0.15, 0.2) is 132 Å². The molecule has 7 saturated heterocycles. The summed E-state index contributed by atoms with van der Waals surface area (Å²) in [5.41, 5.74) is 21.5. The van der Waals surface area contributed by atoms with Gasteiger partial charge in [-0.1, -0.05) is 41.4 Å². The minimum atomic E-state index is -0.513. The summed E-state index contributed by atoms with van der Waals surface area (Å²) in [6.45, 7) is 34.3. The number of benzene rings is 2. The molecule has 123 heavy (non-hydrogen) atoms. The second-order valence-corrected chi connectivity index (χ2v) is 31.6. The lowest BCUT2D eigenvalue weighted by molar-refractivity contribution is -0.124. The fourth-order valence-corrected chi connectivity index (χ4v) is 12.5. The van der Waals surface area contributed by atoms with Gasteiger partial charge in [0.15, 0.2) is 5.69 Å². The molecule has 37 heteroatoms. The number of Topliss-reactive ketones (excluding diaryl/α,β-unsaturated/α-hetero) is 1. The molecule has 15 rings (SSSR count). The van der Waals surface area contributed by atoms with Crippen LogP contribution in [0.25, 0.3) is 4.85 Å². The molecule has 0 unspecified atom stereocenters. The summed E-state index contributed by atoms with van der Waals surface area (Å²) in [5.74, 6) is 8.62. The molecule has 0 atom stereocenters. The number of nitrogen functional groups attached to an aromatic ring is 1. The number of aromatic amines is 1. The number of carbonyl (C=O) groups excluding carboxylic acids is 3. The Kier molecular flexibility index (Phi) is 43.9. The number of H-pyrrole nitrogens is 1. The molecule has 6 aromatic heterocycles. The van der Waals surface area contributed by atoms with Gasteiger partial charge in [0.2, 0.25) is 11.8 Å². The van der Waals surface area contributed by atoms with Crippen molar-refractivity contribution < 1.29 is 70.9 Å². The van der Waals surface area contributed by atoms with Crippen molar-refractivity contribution in [3.05, 3.63) is 182 Å². The fourth-order valence-electron chi connectivity index (χ4n) is 12.2. The number of aryl methyl sites for hydroxylation is 3. The highest BCUT2D eigenvalue weighted by atomic mass is 35.5. The number of rotatable bonds is 13. The molecule has 13 heterocycles. The number of ether oxygens (including phenoxy) is 11. The first kappa shape index (κ1) is 99.6. The quantitative estimate of drug-likeness (QED) is 0.0175. The molecule has 668 valence electrons. The van der Waals surface area contributed by atoms with Gasteiger partial charge in [-0.15, -0.1) is 0 Å². The Balaban J connectivity index is 0.000000197.